The quantitative estimate of drug-likeness (QED) is 0.157. The van der Waals surface area contributed by atoms with E-state index in [1.54, 1.807) is 0 Å². The Morgan fingerprint density at radius 2 is 0.902 bits per heavy atom. The van der Waals surface area contributed by atoms with Crippen LogP contribution in [0.2, 0.25) is 0 Å². The number of hydrogen-bond acceptors (Lipinski definition) is 5. The number of rotatable bonds is 7. The van der Waals surface area contributed by atoms with Crippen LogP contribution in [0.3, 0.4) is 0 Å². The topological polar surface area (TPSA) is 68.9 Å². The number of benzene rings is 7. The SMILES string of the molecule is O=P(c1ccccc1)(c1ccccc1)c1cccc(-c2nc(-c3ccccc3)nc(-c3cc(-c4ccccc4)cc4oc5ccccc5c34)n2)c1. The Morgan fingerprint density at radius 3 is 1.57 bits per heavy atom. The first-order valence-corrected chi connectivity index (χ1v) is 18.5. The monoisotopic (exact) mass is 675 g/mol. The molecule has 0 unspecified atom stereocenters. The first kappa shape index (κ1) is 30.6. The van der Waals surface area contributed by atoms with Gasteiger partial charge in [-0.3, -0.25) is 0 Å². The standard InChI is InChI=1S/C45H30N3O2P/c49-51(35-21-9-3-10-22-35,36-23-11-4-12-24-36)37-25-15-20-33(28-37)44-46-43(32-18-7-2-8-19-32)47-45(48-44)39-29-34(31-16-5-1-6-17-31)30-41-42(39)38-26-13-14-27-40(38)50-41/h1-30H. The molecule has 0 saturated carbocycles. The molecule has 2 heterocycles. The third kappa shape index (κ3) is 5.54. The van der Waals surface area contributed by atoms with E-state index in [-0.39, 0.29) is 0 Å². The molecule has 242 valence electrons. The second-order valence-corrected chi connectivity index (χ2v) is 15.1. The molecule has 0 aliphatic heterocycles. The van der Waals surface area contributed by atoms with Crippen LogP contribution in [0.5, 0.6) is 0 Å². The molecule has 6 heteroatoms. The summed E-state index contributed by atoms with van der Waals surface area (Å²) in [5, 5.41) is 4.16. The molecule has 0 radical (unpaired) electrons. The van der Waals surface area contributed by atoms with Crippen LogP contribution in [-0.2, 0) is 4.57 Å². The third-order valence-corrected chi connectivity index (χ3v) is 12.3. The summed E-state index contributed by atoms with van der Waals surface area (Å²) < 4.78 is 21.8. The predicted molar refractivity (Wildman–Crippen MR) is 208 cm³/mol. The maximum atomic E-state index is 15.3. The molecule has 51 heavy (non-hydrogen) atoms. The summed E-state index contributed by atoms with van der Waals surface area (Å²) in [6.07, 6.45) is 0. The molecule has 0 spiro atoms. The third-order valence-electron chi connectivity index (χ3n) is 9.20. The summed E-state index contributed by atoms with van der Waals surface area (Å²) >= 11 is 0. The molecular weight excluding hydrogens is 645 g/mol. The van der Waals surface area contributed by atoms with Crippen LogP contribution in [0.1, 0.15) is 0 Å². The lowest BCUT2D eigenvalue weighted by Crippen LogP contribution is -2.25. The van der Waals surface area contributed by atoms with Crippen molar-refractivity contribution in [2.45, 2.75) is 0 Å². The van der Waals surface area contributed by atoms with Gasteiger partial charge in [0.2, 0.25) is 0 Å². The van der Waals surface area contributed by atoms with Crippen LogP contribution in [-0.4, -0.2) is 15.0 Å². The minimum absolute atomic E-state index is 0.486. The van der Waals surface area contributed by atoms with Gasteiger partial charge in [-0.15, -0.1) is 0 Å². The first-order chi connectivity index (χ1) is 25.1. The zero-order chi connectivity index (χ0) is 34.2. The molecule has 0 aliphatic rings. The van der Waals surface area contributed by atoms with E-state index in [0.717, 1.165) is 60.4 Å². The Hall–Kier alpha value is -6.42. The molecule has 2 aromatic heterocycles. The Kier molecular flexibility index (Phi) is 7.68. The predicted octanol–water partition coefficient (Wildman–Crippen LogP) is 10.1. The lowest BCUT2D eigenvalue weighted by Gasteiger charge is -2.20. The van der Waals surface area contributed by atoms with Crippen LogP contribution in [0.15, 0.2) is 186 Å². The van der Waals surface area contributed by atoms with Gasteiger partial charge in [0.05, 0.1) is 0 Å². The van der Waals surface area contributed by atoms with E-state index < -0.39 is 7.14 Å². The minimum atomic E-state index is -3.24. The van der Waals surface area contributed by atoms with Gasteiger partial charge in [0.25, 0.3) is 0 Å². The Bertz CT molecular complexity index is 2670. The highest BCUT2D eigenvalue weighted by atomic mass is 31.2. The van der Waals surface area contributed by atoms with Crippen molar-refractivity contribution in [2.24, 2.45) is 0 Å². The summed E-state index contributed by atoms with van der Waals surface area (Å²) in [6, 6.07) is 59.7. The lowest BCUT2D eigenvalue weighted by molar-refractivity contribution is 0.592. The lowest BCUT2D eigenvalue weighted by atomic mass is 9.98. The number of aromatic nitrogens is 3. The average Bonchev–Trinajstić information content (AvgIpc) is 3.60. The van der Waals surface area contributed by atoms with E-state index in [1.807, 2.05) is 152 Å². The van der Waals surface area contributed by atoms with E-state index in [0.29, 0.717) is 22.8 Å². The second-order valence-electron chi connectivity index (χ2n) is 12.4. The molecule has 0 aliphatic carbocycles. The van der Waals surface area contributed by atoms with E-state index in [4.69, 9.17) is 19.4 Å². The fourth-order valence-corrected chi connectivity index (χ4v) is 9.43. The molecule has 7 aromatic carbocycles. The van der Waals surface area contributed by atoms with Crippen LogP contribution in [0.25, 0.3) is 67.2 Å². The van der Waals surface area contributed by atoms with Crippen molar-refractivity contribution in [1.29, 1.82) is 0 Å². The van der Waals surface area contributed by atoms with Crippen molar-refractivity contribution in [3.63, 3.8) is 0 Å². The fraction of sp³-hybridized carbons (Fsp3) is 0. The molecule has 0 fully saturated rings. The molecular formula is C45H30N3O2P. The van der Waals surface area contributed by atoms with Gasteiger partial charge in [-0.2, -0.15) is 0 Å². The fourth-order valence-electron chi connectivity index (χ4n) is 6.73. The van der Waals surface area contributed by atoms with E-state index in [9.17, 15) is 0 Å². The summed E-state index contributed by atoms with van der Waals surface area (Å²) in [6.45, 7) is 0. The smallest absolute Gasteiger partial charge is 0.171 e. The average molecular weight is 676 g/mol. The van der Waals surface area contributed by atoms with Crippen molar-refractivity contribution in [3.05, 3.63) is 182 Å². The largest absolute Gasteiger partial charge is 0.456 e. The molecule has 0 amide bonds. The Balaban J connectivity index is 1.29. The number of fused-ring (bicyclic) bond motifs is 3. The number of hydrogen-bond donors (Lipinski definition) is 0. The van der Waals surface area contributed by atoms with Crippen LogP contribution < -0.4 is 15.9 Å². The second kappa shape index (κ2) is 12.8. The van der Waals surface area contributed by atoms with Crippen LogP contribution in [0.4, 0.5) is 0 Å². The summed E-state index contributed by atoms with van der Waals surface area (Å²) in [4.78, 5) is 15.3. The molecule has 5 nitrogen and oxygen atoms in total. The number of nitrogens with zero attached hydrogens (tertiary/aromatic N) is 3. The maximum absolute atomic E-state index is 15.3. The van der Waals surface area contributed by atoms with Crippen molar-refractivity contribution >= 4 is 45.0 Å². The van der Waals surface area contributed by atoms with E-state index in [1.165, 1.54) is 0 Å². The Morgan fingerprint density at radius 1 is 0.392 bits per heavy atom. The van der Waals surface area contributed by atoms with Gasteiger partial charge in [0, 0.05) is 43.4 Å². The summed E-state index contributed by atoms with van der Waals surface area (Å²) in [5.74, 6) is 1.55. The summed E-state index contributed by atoms with van der Waals surface area (Å²) in [7, 11) is -3.24. The number of para-hydroxylation sites is 1. The van der Waals surface area contributed by atoms with Gasteiger partial charge in [-0.05, 0) is 35.4 Å². The highest BCUT2D eigenvalue weighted by molar-refractivity contribution is 7.85. The highest BCUT2D eigenvalue weighted by Crippen LogP contribution is 2.43. The minimum Gasteiger partial charge on any atom is -0.456 e. The van der Waals surface area contributed by atoms with Gasteiger partial charge >= 0.3 is 0 Å². The molecule has 0 atom stereocenters. The van der Waals surface area contributed by atoms with Gasteiger partial charge in [0.1, 0.15) is 11.2 Å². The van der Waals surface area contributed by atoms with Gasteiger partial charge in [0.15, 0.2) is 24.6 Å². The van der Waals surface area contributed by atoms with Gasteiger partial charge < -0.3 is 8.98 Å². The molecule has 0 N–H and O–H groups in total. The van der Waals surface area contributed by atoms with Crippen molar-refractivity contribution in [3.8, 4) is 45.3 Å². The zero-order valence-electron chi connectivity index (χ0n) is 27.4. The van der Waals surface area contributed by atoms with Gasteiger partial charge in [-0.25, -0.2) is 15.0 Å². The maximum Gasteiger partial charge on any atom is 0.171 e. The van der Waals surface area contributed by atoms with Gasteiger partial charge in [-0.1, -0.05) is 158 Å². The van der Waals surface area contributed by atoms with Crippen molar-refractivity contribution in [2.75, 3.05) is 0 Å². The zero-order valence-corrected chi connectivity index (χ0v) is 28.3. The van der Waals surface area contributed by atoms with Crippen molar-refractivity contribution in [1.82, 2.24) is 15.0 Å². The number of furan rings is 1. The summed E-state index contributed by atoms with van der Waals surface area (Å²) in [5.41, 5.74) is 6.05. The molecule has 0 saturated heterocycles. The molecule has 9 aromatic rings. The normalized spacial score (nSPS) is 11.6. The first-order valence-electron chi connectivity index (χ1n) is 16.8. The Labute approximate surface area is 295 Å². The van der Waals surface area contributed by atoms with E-state index >= 15 is 4.57 Å². The highest BCUT2D eigenvalue weighted by Gasteiger charge is 2.30. The van der Waals surface area contributed by atoms with Crippen LogP contribution in [0, 0.1) is 0 Å². The molecule has 9 rings (SSSR count). The molecule has 0 bridgehead atoms. The van der Waals surface area contributed by atoms with Crippen molar-refractivity contribution < 1.29 is 8.98 Å². The van der Waals surface area contributed by atoms with E-state index in [2.05, 4.69) is 30.3 Å². The van der Waals surface area contributed by atoms with Crippen LogP contribution >= 0.6 is 7.14 Å².